The van der Waals surface area contributed by atoms with Gasteiger partial charge in [-0.1, -0.05) is 18.2 Å². The van der Waals surface area contributed by atoms with Crippen LogP contribution in [0.3, 0.4) is 0 Å². The molecule has 27 heavy (non-hydrogen) atoms. The van der Waals surface area contributed by atoms with Gasteiger partial charge in [-0.3, -0.25) is 4.79 Å². The third-order valence-corrected chi connectivity index (χ3v) is 3.38. The maximum absolute atomic E-state index is 12.6. The van der Waals surface area contributed by atoms with Crippen molar-refractivity contribution in [2.75, 3.05) is 6.54 Å². The quantitative estimate of drug-likeness (QED) is 0.776. The van der Waals surface area contributed by atoms with Crippen molar-refractivity contribution in [3.8, 4) is 5.75 Å². The number of halogens is 3. The lowest BCUT2D eigenvalue weighted by atomic mass is 9.93. The van der Waals surface area contributed by atoms with Gasteiger partial charge in [0.1, 0.15) is 11.4 Å². The number of nitrogens with zero attached hydrogens (tertiary/aromatic N) is 1. The van der Waals surface area contributed by atoms with Crippen LogP contribution in [-0.4, -0.2) is 40.6 Å². The van der Waals surface area contributed by atoms with E-state index in [9.17, 15) is 27.9 Å². The number of benzene rings is 1. The Morgan fingerprint density at radius 2 is 1.63 bits per heavy atom. The molecule has 1 rings (SSSR count). The molecule has 0 radical (unpaired) electrons. The van der Waals surface area contributed by atoms with Crippen molar-refractivity contribution in [3.63, 3.8) is 0 Å². The molecule has 1 aromatic rings. The third-order valence-electron chi connectivity index (χ3n) is 3.38. The van der Waals surface area contributed by atoms with Crippen LogP contribution in [-0.2, 0) is 16.1 Å². The first-order valence-electron chi connectivity index (χ1n) is 8.16. The molecule has 6 nitrogen and oxygen atoms in total. The van der Waals surface area contributed by atoms with Crippen molar-refractivity contribution in [2.45, 2.75) is 53.1 Å². The van der Waals surface area contributed by atoms with Gasteiger partial charge in [0.05, 0.1) is 12.0 Å². The molecular weight excluding hydrogens is 367 g/mol. The van der Waals surface area contributed by atoms with Crippen LogP contribution in [0.2, 0.25) is 0 Å². The number of carbonyl (C=O) groups excluding carboxylic acids is 1. The summed E-state index contributed by atoms with van der Waals surface area (Å²) >= 11 is 0. The number of rotatable bonds is 6. The highest BCUT2D eigenvalue weighted by Gasteiger charge is 2.35. The highest BCUT2D eigenvalue weighted by Crippen LogP contribution is 2.29. The number of para-hydroxylation sites is 1. The summed E-state index contributed by atoms with van der Waals surface area (Å²) in [5, 5.41) is 9.33. The van der Waals surface area contributed by atoms with Crippen LogP contribution in [0.4, 0.5) is 18.0 Å². The van der Waals surface area contributed by atoms with E-state index < -0.39 is 35.2 Å². The lowest BCUT2D eigenvalue weighted by molar-refractivity contribution is -0.275. The lowest BCUT2D eigenvalue weighted by Gasteiger charge is -2.32. The Balaban J connectivity index is 3.18. The summed E-state index contributed by atoms with van der Waals surface area (Å²) in [4.78, 5) is 25.0. The van der Waals surface area contributed by atoms with Crippen molar-refractivity contribution in [3.05, 3.63) is 29.8 Å². The van der Waals surface area contributed by atoms with E-state index >= 15 is 0 Å². The van der Waals surface area contributed by atoms with E-state index in [2.05, 4.69) is 4.74 Å². The Labute approximate surface area is 155 Å². The molecular formula is C18H24F3NO5. The van der Waals surface area contributed by atoms with Crippen LogP contribution in [0.25, 0.3) is 0 Å². The summed E-state index contributed by atoms with van der Waals surface area (Å²) in [5.74, 6) is -1.62. The molecule has 0 aromatic heterocycles. The monoisotopic (exact) mass is 391 g/mol. The number of ether oxygens (including phenoxy) is 2. The predicted molar refractivity (Wildman–Crippen MR) is 91.2 cm³/mol. The number of hydrogen-bond acceptors (Lipinski definition) is 4. The fourth-order valence-corrected chi connectivity index (χ4v) is 2.12. The summed E-state index contributed by atoms with van der Waals surface area (Å²) in [6, 6.07) is 5.35. The molecule has 152 valence electrons. The molecule has 0 unspecified atom stereocenters. The molecule has 0 atom stereocenters. The normalized spacial score (nSPS) is 12.4. The highest BCUT2D eigenvalue weighted by molar-refractivity contribution is 5.75. The molecule has 0 fully saturated rings. The van der Waals surface area contributed by atoms with Crippen molar-refractivity contribution in [1.29, 1.82) is 0 Å². The summed E-state index contributed by atoms with van der Waals surface area (Å²) < 4.78 is 47.1. The first-order valence-corrected chi connectivity index (χ1v) is 8.16. The summed E-state index contributed by atoms with van der Waals surface area (Å²) in [6.45, 7) is 7.13. The van der Waals surface area contributed by atoms with Crippen LogP contribution < -0.4 is 4.74 Å². The fourth-order valence-electron chi connectivity index (χ4n) is 2.12. The second-order valence-corrected chi connectivity index (χ2v) is 7.68. The number of aliphatic carboxylic acids is 1. The summed E-state index contributed by atoms with van der Waals surface area (Å²) in [6.07, 6.45) is -5.73. The van der Waals surface area contributed by atoms with Gasteiger partial charge in [-0.25, -0.2) is 4.79 Å². The van der Waals surface area contributed by atoms with Crippen molar-refractivity contribution in [2.24, 2.45) is 5.41 Å². The van der Waals surface area contributed by atoms with E-state index in [4.69, 9.17) is 4.74 Å². The first-order chi connectivity index (χ1) is 12.1. The van der Waals surface area contributed by atoms with Gasteiger partial charge < -0.3 is 19.5 Å². The lowest BCUT2D eigenvalue weighted by Crippen LogP contribution is -2.44. The Kier molecular flexibility index (Phi) is 6.74. The van der Waals surface area contributed by atoms with Crippen LogP contribution in [0.1, 0.15) is 40.2 Å². The number of amides is 1. The largest absolute Gasteiger partial charge is 0.573 e. The van der Waals surface area contributed by atoms with Gasteiger partial charge in [-0.2, -0.15) is 0 Å². The zero-order chi connectivity index (χ0) is 21.0. The van der Waals surface area contributed by atoms with E-state index in [0.717, 1.165) is 11.0 Å². The molecule has 1 N–H and O–H groups in total. The highest BCUT2D eigenvalue weighted by atomic mass is 19.4. The average molecular weight is 391 g/mol. The molecule has 0 heterocycles. The second-order valence-electron chi connectivity index (χ2n) is 7.68. The van der Waals surface area contributed by atoms with Crippen LogP contribution in [0, 0.1) is 5.41 Å². The second kappa shape index (κ2) is 8.06. The maximum atomic E-state index is 12.6. The van der Waals surface area contributed by atoms with Gasteiger partial charge in [0.25, 0.3) is 0 Å². The Morgan fingerprint density at radius 3 is 2.11 bits per heavy atom. The van der Waals surface area contributed by atoms with Gasteiger partial charge >= 0.3 is 18.4 Å². The van der Waals surface area contributed by atoms with Crippen molar-refractivity contribution < 1.29 is 37.3 Å². The molecule has 9 heteroatoms. The van der Waals surface area contributed by atoms with Crippen LogP contribution in [0.5, 0.6) is 5.75 Å². The van der Waals surface area contributed by atoms with Gasteiger partial charge in [0.15, 0.2) is 0 Å². The Hall–Kier alpha value is -2.45. The molecule has 1 aromatic carbocycles. The zero-order valence-corrected chi connectivity index (χ0v) is 15.9. The minimum absolute atomic E-state index is 0.0712. The Bertz CT molecular complexity index is 680. The third kappa shape index (κ3) is 7.76. The number of carbonyl (C=O) groups is 2. The van der Waals surface area contributed by atoms with E-state index in [1.807, 2.05) is 0 Å². The smallest absolute Gasteiger partial charge is 0.481 e. The van der Waals surface area contributed by atoms with Gasteiger partial charge in [-0.15, -0.1) is 13.2 Å². The van der Waals surface area contributed by atoms with E-state index in [1.165, 1.54) is 32.0 Å². The molecule has 0 aliphatic rings. The van der Waals surface area contributed by atoms with Gasteiger partial charge in [-0.05, 0) is 40.7 Å². The molecule has 0 bridgehead atoms. The molecule has 0 saturated heterocycles. The molecule has 0 aliphatic heterocycles. The molecule has 1 amide bonds. The Morgan fingerprint density at radius 1 is 1.07 bits per heavy atom. The standard InChI is InChI=1S/C18H24F3NO5/c1-16(2,3)27-15(25)22(11-17(4,5)14(23)24)10-12-8-6-7-9-13(12)26-18(19,20)21/h6-9H,10-11H2,1-5H3,(H,23,24). The fraction of sp³-hybridized carbons (Fsp3) is 0.556. The summed E-state index contributed by atoms with van der Waals surface area (Å²) in [7, 11) is 0. The topological polar surface area (TPSA) is 76.1 Å². The summed E-state index contributed by atoms with van der Waals surface area (Å²) in [5.41, 5.74) is -2.12. The number of carboxylic acid groups (broad SMARTS) is 1. The maximum Gasteiger partial charge on any atom is 0.573 e. The van der Waals surface area contributed by atoms with Gasteiger partial charge in [0, 0.05) is 12.1 Å². The van der Waals surface area contributed by atoms with Gasteiger partial charge in [0.2, 0.25) is 0 Å². The van der Waals surface area contributed by atoms with Crippen molar-refractivity contribution in [1.82, 2.24) is 4.90 Å². The number of alkyl halides is 3. The minimum Gasteiger partial charge on any atom is -0.481 e. The number of carboxylic acids is 1. The minimum atomic E-state index is -4.90. The predicted octanol–water partition coefficient (Wildman–Crippen LogP) is 4.43. The molecule has 0 spiro atoms. The van der Waals surface area contributed by atoms with E-state index in [1.54, 1.807) is 20.8 Å². The molecule has 0 saturated carbocycles. The zero-order valence-electron chi connectivity index (χ0n) is 15.9. The molecule has 0 aliphatic carbocycles. The van der Waals surface area contributed by atoms with E-state index in [0.29, 0.717) is 0 Å². The van der Waals surface area contributed by atoms with Crippen LogP contribution in [0.15, 0.2) is 24.3 Å². The first kappa shape index (κ1) is 22.6. The SMILES string of the molecule is CC(C)(C)OC(=O)N(Cc1ccccc1OC(F)(F)F)CC(C)(C)C(=O)O. The van der Waals surface area contributed by atoms with Crippen molar-refractivity contribution >= 4 is 12.1 Å². The van der Waals surface area contributed by atoms with E-state index in [-0.39, 0.29) is 18.7 Å². The number of hydrogen-bond donors (Lipinski definition) is 1. The average Bonchev–Trinajstić information content (AvgIpc) is 2.44. The van der Waals surface area contributed by atoms with Crippen LogP contribution >= 0.6 is 0 Å².